The van der Waals surface area contributed by atoms with Gasteiger partial charge in [0.1, 0.15) is 12.7 Å². The first-order valence-electron chi connectivity index (χ1n) is 4.06. The number of nitrogens with zero attached hydrogens (tertiary/aromatic N) is 2. The maximum absolute atomic E-state index is 9.21. The number of aliphatic hydroxyl groups is 1. The molecule has 1 rings (SSSR count). The van der Waals surface area contributed by atoms with E-state index in [4.69, 9.17) is 15.0 Å². The zero-order chi connectivity index (χ0) is 9.68. The van der Waals surface area contributed by atoms with E-state index in [1.807, 2.05) is 6.92 Å². The van der Waals surface area contributed by atoms with Gasteiger partial charge in [-0.2, -0.15) is 4.98 Å². The monoisotopic (exact) mass is 187 g/mol. The first kappa shape index (κ1) is 10.1. The van der Waals surface area contributed by atoms with Crippen molar-refractivity contribution in [1.29, 1.82) is 0 Å². The third-order valence-corrected chi connectivity index (χ3v) is 1.43. The summed E-state index contributed by atoms with van der Waals surface area (Å²) in [5.74, 6) is 0.557. The van der Waals surface area contributed by atoms with E-state index in [0.717, 1.165) is 0 Å². The van der Waals surface area contributed by atoms with Crippen molar-refractivity contribution >= 4 is 0 Å². The van der Waals surface area contributed by atoms with Crippen LogP contribution in [0, 0.1) is 0 Å². The van der Waals surface area contributed by atoms with Crippen LogP contribution in [0.1, 0.15) is 24.7 Å². The SMILES string of the molecule is CCOCc1noc(C(O)CN)n1. The molecule has 1 heterocycles. The second-order valence-electron chi connectivity index (χ2n) is 2.44. The van der Waals surface area contributed by atoms with Gasteiger partial charge in [-0.3, -0.25) is 0 Å². The van der Waals surface area contributed by atoms with Gasteiger partial charge in [0.15, 0.2) is 5.82 Å². The molecule has 1 aromatic heterocycles. The van der Waals surface area contributed by atoms with Crippen LogP contribution in [0.25, 0.3) is 0 Å². The largest absolute Gasteiger partial charge is 0.382 e. The van der Waals surface area contributed by atoms with E-state index in [2.05, 4.69) is 10.1 Å². The van der Waals surface area contributed by atoms with Crippen molar-refractivity contribution in [3.05, 3.63) is 11.7 Å². The molecule has 6 nitrogen and oxygen atoms in total. The van der Waals surface area contributed by atoms with Crippen LogP contribution >= 0.6 is 0 Å². The average Bonchev–Trinajstić information content (AvgIpc) is 2.62. The summed E-state index contributed by atoms with van der Waals surface area (Å²) in [6.07, 6.45) is -0.886. The van der Waals surface area contributed by atoms with Crippen LogP contribution in [0.2, 0.25) is 0 Å². The van der Waals surface area contributed by atoms with Crippen molar-refractivity contribution in [2.24, 2.45) is 5.73 Å². The summed E-state index contributed by atoms with van der Waals surface area (Å²) in [4.78, 5) is 3.89. The fourth-order valence-corrected chi connectivity index (χ4v) is 0.756. The topological polar surface area (TPSA) is 94.4 Å². The predicted molar refractivity (Wildman–Crippen MR) is 43.6 cm³/mol. The summed E-state index contributed by atoms with van der Waals surface area (Å²) in [5, 5.41) is 12.8. The van der Waals surface area contributed by atoms with Gasteiger partial charge in [-0.1, -0.05) is 5.16 Å². The van der Waals surface area contributed by atoms with E-state index in [1.54, 1.807) is 0 Å². The summed E-state index contributed by atoms with van der Waals surface area (Å²) < 4.78 is 9.79. The van der Waals surface area contributed by atoms with Crippen LogP contribution < -0.4 is 5.73 Å². The maximum atomic E-state index is 9.21. The highest BCUT2D eigenvalue weighted by Crippen LogP contribution is 2.08. The van der Waals surface area contributed by atoms with Crippen LogP contribution in [-0.4, -0.2) is 28.4 Å². The van der Waals surface area contributed by atoms with Gasteiger partial charge in [-0.15, -0.1) is 0 Å². The Bertz CT molecular complexity index is 251. The Morgan fingerprint density at radius 1 is 1.69 bits per heavy atom. The minimum atomic E-state index is -0.886. The highest BCUT2D eigenvalue weighted by Gasteiger charge is 2.13. The summed E-state index contributed by atoms with van der Waals surface area (Å²) >= 11 is 0. The van der Waals surface area contributed by atoms with Crippen LogP contribution in [0.4, 0.5) is 0 Å². The predicted octanol–water partition coefficient (Wildman–Crippen LogP) is -0.402. The lowest BCUT2D eigenvalue weighted by atomic mass is 10.4. The van der Waals surface area contributed by atoms with Gasteiger partial charge in [0, 0.05) is 13.2 Å². The van der Waals surface area contributed by atoms with Gasteiger partial charge in [0.2, 0.25) is 0 Å². The molecule has 0 aliphatic carbocycles. The fourth-order valence-electron chi connectivity index (χ4n) is 0.756. The van der Waals surface area contributed by atoms with E-state index in [9.17, 15) is 5.11 Å². The van der Waals surface area contributed by atoms with Crippen LogP contribution in [0.5, 0.6) is 0 Å². The quantitative estimate of drug-likeness (QED) is 0.651. The molecule has 0 spiro atoms. The first-order valence-corrected chi connectivity index (χ1v) is 4.06. The van der Waals surface area contributed by atoms with Crippen molar-refractivity contribution in [1.82, 2.24) is 10.1 Å². The summed E-state index contributed by atoms with van der Waals surface area (Å²) in [6.45, 7) is 2.81. The molecule has 1 atom stereocenters. The van der Waals surface area contributed by atoms with Gasteiger partial charge < -0.3 is 20.1 Å². The number of ether oxygens (including phenoxy) is 1. The molecular weight excluding hydrogens is 174 g/mol. The molecule has 0 fully saturated rings. The molecule has 0 aromatic carbocycles. The molecular formula is C7H13N3O3. The van der Waals surface area contributed by atoms with Crippen molar-refractivity contribution < 1.29 is 14.4 Å². The van der Waals surface area contributed by atoms with Gasteiger partial charge in [0.25, 0.3) is 5.89 Å². The minimum Gasteiger partial charge on any atom is -0.382 e. The van der Waals surface area contributed by atoms with Crippen molar-refractivity contribution in [2.75, 3.05) is 13.2 Å². The van der Waals surface area contributed by atoms with Crippen molar-refractivity contribution in [3.8, 4) is 0 Å². The number of aliphatic hydroxyl groups excluding tert-OH is 1. The third kappa shape index (κ3) is 2.76. The fraction of sp³-hybridized carbons (Fsp3) is 0.714. The number of aromatic nitrogens is 2. The zero-order valence-electron chi connectivity index (χ0n) is 7.43. The van der Waals surface area contributed by atoms with Crippen LogP contribution in [-0.2, 0) is 11.3 Å². The number of rotatable bonds is 5. The van der Waals surface area contributed by atoms with Gasteiger partial charge in [-0.25, -0.2) is 0 Å². The van der Waals surface area contributed by atoms with Crippen LogP contribution in [0.3, 0.4) is 0 Å². The molecule has 0 radical (unpaired) electrons. The summed E-state index contributed by atoms with van der Waals surface area (Å²) in [7, 11) is 0. The highest BCUT2D eigenvalue weighted by atomic mass is 16.5. The molecule has 0 saturated carbocycles. The lowest BCUT2D eigenvalue weighted by Gasteiger charge is -1.98. The summed E-state index contributed by atoms with van der Waals surface area (Å²) in [5.41, 5.74) is 5.20. The Hall–Kier alpha value is -0.980. The number of hydrogen-bond acceptors (Lipinski definition) is 6. The third-order valence-electron chi connectivity index (χ3n) is 1.43. The molecule has 0 saturated heterocycles. The Balaban J connectivity index is 2.53. The molecule has 1 aromatic rings. The standard InChI is InChI=1S/C7H13N3O3/c1-2-12-4-6-9-7(13-10-6)5(11)3-8/h5,11H,2-4,8H2,1H3. The molecule has 0 amide bonds. The smallest absolute Gasteiger partial charge is 0.256 e. The number of hydrogen-bond donors (Lipinski definition) is 2. The second kappa shape index (κ2) is 4.90. The molecule has 0 bridgehead atoms. The maximum Gasteiger partial charge on any atom is 0.256 e. The molecule has 3 N–H and O–H groups in total. The highest BCUT2D eigenvalue weighted by molar-refractivity contribution is 4.88. The van der Waals surface area contributed by atoms with Crippen molar-refractivity contribution in [2.45, 2.75) is 19.6 Å². The first-order chi connectivity index (χ1) is 6.27. The molecule has 0 aliphatic rings. The minimum absolute atomic E-state index is 0.0657. The zero-order valence-corrected chi connectivity index (χ0v) is 7.43. The molecule has 6 heteroatoms. The second-order valence-corrected chi connectivity index (χ2v) is 2.44. The Morgan fingerprint density at radius 3 is 3.08 bits per heavy atom. The van der Waals surface area contributed by atoms with Gasteiger partial charge in [-0.05, 0) is 6.92 Å². The average molecular weight is 187 g/mol. The van der Waals surface area contributed by atoms with Gasteiger partial charge in [0.05, 0.1) is 0 Å². The van der Waals surface area contributed by atoms with E-state index in [1.165, 1.54) is 0 Å². The Morgan fingerprint density at radius 2 is 2.46 bits per heavy atom. The van der Waals surface area contributed by atoms with Crippen molar-refractivity contribution in [3.63, 3.8) is 0 Å². The Labute approximate surface area is 75.7 Å². The van der Waals surface area contributed by atoms with E-state index < -0.39 is 6.10 Å². The van der Waals surface area contributed by atoms with Crippen LogP contribution in [0.15, 0.2) is 4.52 Å². The van der Waals surface area contributed by atoms with E-state index in [0.29, 0.717) is 12.4 Å². The van der Waals surface area contributed by atoms with E-state index >= 15 is 0 Å². The summed E-state index contributed by atoms with van der Waals surface area (Å²) in [6, 6.07) is 0. The molecule has 13 heavy (non-hydrogen) atoms. The molecule has 0 aliphatic heterocycles. The Kier molecular flexibility index (Phi) is 3.81. The number of nitrogens with two attached hydrogens (primary N) is 1. The lowest BCUT2D eigenvalue weighted by Crippen LogP contribution is -2.11. The van der Waals surface area contributed by atoms with E-state index in [-0.39, 0.29) is 19.0 Å². The lowest BCUT2D eigenvalue weighted by molar-refractivity contribution is 0.125. The molecule has 74 valence electrons. The van der Waals surface area contributed by atoms with Gasteiger partial charge >= 0.3 is 0 Å². The normalized spacial score (nSPS) is 13.2. The molecule has 1 unspecified atom stereocenters.